The molecule has 2 nitrogen and oxygen atoms in total. The zero-order valence-electron chi connectivity index (χ0n) is 12.3. The molecule has 0 bridgehead atoms. The Balaban J connectivity index is 2.41. The molecule has 0 aliphatic carbocycles. The second-order valence-electron chi connectivity index (χ2n) is 5.13. The van der Waals surface area contributed by atoms with E-state index in [0.29, 0.717) is 5.56 Å². The standard InChI is InChI=1S/C17H21FN2/c1-4-8-20-17(15-11-19-9-7-12(15)2)14-6-5-13(3)16(18)10-14/h5-7,9-11,17,20H,4,8H2,1-3H3. The van der Waals surface area contributed by atoms with Gasteiger partial charge in [-0.2, -0.15) is 0 Å². The van der Waals surface area contributed by atoms with Crippen LogP contribution < -0.4 is 5.32 Å². The summed E-state index contributed by atoms with van der Waals surface area (Å²) in [5.41, 5.74) is 3.88. The molecular weight excluding hydrogens is 251 g/mol. The zero-order chi connectivity index (χ0) is 14.5. The van der Waals surface area contributed by atoms with Crippen molar-refractivity contribution in [3.63, 3.8) is 0 Å². The average Bonchev–Trinajstić information content (AvgIpc) is 2.44. The Kier molecular flexibility index (Phi) is 4.85. The molecule has 0 radical (unpaired) electrons. The van der Waals surface area contributed by atoms with Crippen LogP contribution in [0.5, 0.6) is 0 Å². The van der Waals surface area contributed by atoms with Gasteiger partial charge in [-0.1, -0.05) is 19.1 Å². The van der Waals surface area contributed by atoms with E-state index in [0.717, 1.165) is 29.7 Å². The van der Waals surface area contributed by atoms with E-state index in [2.05, 4.69) is 24.1 Å². The van der Waals surface area contributed by atoms with Crippen LogP contribution in [-0.2, 0) is 0 Å². The minimum atomic E-state index is -0.160. The number of aromatic nitrogens is 1. The van der Waals surface area contributed by atoms with Crippen LogP contribution >= 0.6 is 0 Å². The highest BCUT2D eigenvalue weighted by atomic mass is 19.1. The molecule has 0 spiro atoms. The number of benzene rings is 1. The molecule has 0 fully saturated rings. The molecule has 0 aliphatic rings. The number of hydrogen-bond donors (Lipinski definition) is 1. The SMILES string of the molecule is CCCNC(c1ccc(C)c(F)c1)c1cnccc1C. The first-order valence-electron chi connectivity index (χ1n) is 7.03. The Hall–Kier alpha value is -1.74. The molecule has 0 saturated carbocycles. The molecule has 1 aromatic carbocycles. The summed E-state index contributed by atoms with van der Waals surface area (Å²) in [5.74, 6) is -0.160. The Morgan fingerprint density at radius 2 is 2.00 bits per heavy atom. The largest absolute Gasteiger partial charge is 0.306 e. The minimum Gasteiger partial charge on any atom is -0.306 e. The Morgan fingerprint density at radius 1 is 1.20 bits per heavy atom. The van der Waals surface area contributed by atoms with Gasteiger partial charge in [0, 0.05) is 12.4 Å². The number of pyridine rings is 1. The van der Waals surface area contributed by atoms with Crippen molar-refractivity contribution in [3.8, 4) is 0 Å². The third-order valence-corrected chi connectivity index (χ3v) is 3.52. The Bertz CT molecular complexity index is 581. The highest BCUT2D eigenvalue weighted by Crippen LogP contribution is 2.25. The van der Waals surface area contributed by atoms with E-state index in [9.17, 15) is 4.39 Å². The van der Waals surface area contributed by atoms with Gasteiger partial charge in [0.25, 0.3) is 0 Å². The third kappa shape index (κ3) is 3.23. The number of rotatable bonds is 5. The maximum Gasteiger partial charge on any atom is 0.126 e. The fourth-order valence-corrected chi connectivity index (χ4v) is 2.26. The van der Waals surface area contributed by atoms with Crippen LogP contribution in [0.2, 0.25) is 0 Å². The Morgan fingerprint density at radius 3 is 2.65 bits per heavy atom. The molecule has 1 unspecified atom stereocenters. The number of nitrogens with zero attached hydrogens (tertiary/aromatic N) is 1. The second kappa shape index (κ2) is 6.62. The summed E-state index contributed by atoms with van der Waals surface area (Å²) in [6, 6.07) is 7.41. The van der Waals surface area contributed by atoms with Crippen molar-refractivity contribution < 1.29 is 4.39 Å². The first-order valence-corrected chi connectivity index (χ1v) is 7.03. The van der Waals surface area contributed by atoms with E-state index < -0.39 is 0 Å². The Labute approximate surface area is 120 Å². The lowest BCUT2D eigenvalue weighted by Crippen LogP contribution is -2.24. The third-order valence-electron chi connectivity index (χ3n) is 3.52. The van der Waals surface area contributed by atoms with Crippen LogP contribution in [0.1, 0.15) is 41.6 Å². The van der Waals surface area contributed by atoms with E-state index in [1.807, 2.05) is 24.4 Å². The molecule has 20 heavy (non-hydrogen) atoms. The van der Waals surface area contributed by atoms with Crippen molar-refractivity contribution in [1.82, 2.24) is 10.3 Å². The first kappa shape index (κ1) is 14.7. The highest BCUT2D eigenvalue weighted by molar-refractivity contribution is 5.36. The van der Waals surface area contributed by atoms with Crippen LogP contribution in [0, 0.1) is 19.7 Å². The van der Waals surface area contributed by atoms with E-state index in [4.69, 9.17) is 0 Å². The first-order chi connectivity index (χ1) is 9.63. The number of nitrogens with one attached hydrogen (secondary N) is 1. The van der Waals surface area contributed by atoms with Gasteiger partial charge < -0.3 is 5.32 Å². The molecule has 2 rings (SSSR count). The zero-order valence-corrected chi connectivity index (χ0v) is 12.3. The molecule has 3 heteroatoms. The van der Waals surface area contributed by atoms with Crippen molar-refractivity contribution in [2.75, 3.05) is 6.54 Å². The second-order valence-corrected chi connectivity index (χ2v) is 5.13. The molecule has 0 aliphatic heterocycles. The molecule has 2 aromatic rings. The van der Waals surface area contributed by atoms with Crippen molar-refractivity contribution >= 4 is 0 Å². The molecule has 1 atom stereocenters. The highest BCUT2D eigenvalue weighted by Gasteiger charge is 2.16. The van der Waals surface area contributed by atoms with Crippen LogP contribution in [0.3, 0.4) is 0 Å². The van der Waals surface area contributed by atoms with Gasteiger partial charge in [-0.05, 0) is 61.2 Å². The maximum atomic E-state index is 13.8. The van der Waals surface area contributed by atoms with Gasteiger partial charge in [0.05, 0.1) is 6.04 Å². The summed E-state index contributed by atoms with van der Waals surface area (Å²) in [6.07, 6.45) is 4.68. The van der Waals surface area contributed by atoms with E-state index in [-0.39, 0.29) is 11.9 Å². The predicted octanol–water partition coefficient (Wildman–Crippen LogP) is 3.93. The molecule has 0 saturated heterocycles. The quantitative estimate of drug-likeness (QED) is 0.892. The molecule has 1 heterocycles. The van der Waals surface area contributed by atoms with E-state index in [1.54, 1.807) is 19.2 Å². The lowest BCUT2D eigenvalue weighted by Gasteiger charge is -2.21. The van der Waals surface area contributed by atoms with Crippen LogP contribution in [0.25, 0.3) is 0 Å². The fraction of sp³-hybridized carbons (Fsp3) is 0.353. The number of hydrogen-bond acceptors (Lipinski definition) is 2. The van der Waals surface area contributed by atoms with Gasteiger partial charge >= 0.3 is 0 Å². The minimum absolute atomic E-state index is 0.0150. The van der Waals surface area contributed by atoms with Crippen molar-refractivity contribution in [1.29, 1.82) is 0 Å². The van der Waals surface area contributed by atoms with Gasteiger partial charge in [0.1, 0.15) is 5.82 Å². The summed E-state index contributed by atoms with van der Waals surface area (Å²) in [7, 11) is 0. The average molecular weight is 272 g/mol. The summed E-state index contributed by atoms with van der Waals surface area (Å²) in [5, 5.41) is 3.48. The van der Waals surface area contributed by atoms with Crippen molar-refractivity contribution in [2.24, 2.45) is 0 Å². The van der Waals surface area contributed by atoms with Gasteiger partial charge in [0.2, 0.25) is 0 Å². The lowest BCUT2D eigenvalue weighted by molar-refractivity contribution is 0.580. The van der Waals surface area contributed by atoms with Crippen LogP contribution in [0.4, 0.5) is 4.39 Å². The van der Waals surface area contributed by atoms with Crippen molar-refractivity contribution in [2.45, 2.75) is 33.2 Å². The van der Waals surface area contributed by atoms with E-state index >= 15 is 0 Å². The molecule has 106 valence electrons. The lowest BCUT2D eigenvalue weighted by atomic mass is 9.95. The maximum absolute atomic E-state index is 13.8. The van der Waals surface area contributed by atoms with Crippen LogP contribution in [-0.4, -0.2) is 11.5 Å². The number of halogens is 1. The summed E-state index contributed by atoms with van der Waals surface area (Å²) in [4.78, 5) is 4.21. The van der Waals surface area contributed by atoms with Gasteiger partial charge in [-0.3, -0.25) is 4.98 Å². The monoisotopic (exact) mass is 272 g/mol. The molecular formula is C17H21FN2. The van der Waals surface area contributed by atoms with Gasteiger partial charge in [0.15, 0.2) is 0 Å². The van der Waals surface area contributed by atoms with Gasteiger partial charge in [-0.15, -0.1) is 0 Å². The van der Waals surface area contributed by atoms with Gasteiger partial charge in [-0.25, -0.2) is 4.39 Å². The normalized spacial score (nSPS) is 12.4. The summed E-state index contributed by atoms with van der Waals surface area (Å²) < 4.78 is 13.8. The molecule has 0 amide bonds. The molecule has 1 N–H and O–H groups in total. The van der Waals surface area contributed by atoms with Crippen molar-refractivity contribution in [3.05, 3.63) is 64.7 Å². The summed E-state index contributed by atoms with van der Waals surface area (Å²) >= 11 is 0. The van der Waals surface area contributed by atoms with Crippen LogP contribution in [0.15, 0.2) is 36.7 Å². The summed E-state index contributed by atoms with van der Waals surface area (Å²) in [6.45, 7) is 6.84. The topological polar surface area (TPSA) is 24.9 Å². The fourth-order valence-electron chi connectivity index (χ4n) is 2.26. The number of aryl methyl sites for hydroxylation is 2. The smallest absolute Gasteiger partial charge is 0.126 e. The predicted molar refractivity (Wildman–Crippen MR) is 80.2 cm³/mol. The van der Waals surface area contributed by atoms with E-state index in [1.165, 1.54) is 0 Å². The molecule has 1 aromatic heterocycles.